The van der Waals surface area contributed by atoms with Gasteiger partial charge in [0.05, 0.1) is 11.3 Å². The summed E-state index contributed by atoms with van der Waals surface area (Å²) in [5, 5.41) is 4.46. The zero-order valence-corrected chi connectivity index (χ0v) is 17.8. The molecule has 0 atom stereocenters. The van der Waals surface area contributed by atoms with Crippen molar-refractivity contribution in [1.82, 2.24) is 24.6 Å². The second-order valence-electron chi connectivity index (χ2n) is 7.60. The molecule has 1 aliphatic heterocycles. The van der Waals surface area contributed by atoms with E-state index in [0.717, 1.165) is 37.4 Å². The van der Waals surface area contributed by atoms with Crippen molar-refractivity contribution in [3.8, 4) is 0 Å². The molecule has 0 spiro atoms. The molecule has 1 saturated heterocycles. The molecule has 2 aromatic rings. The van der Waals surface area contributed by atoms with Crippen molar-refractivity contribution >= 4 is 17.6 Å². The van der Waals surface area contributed by atoms with Gasteiger partial charge in [-0.25, -0.2) is 4.98 Å². The van der Waals surface area contributed by atoms with Crippen molar-refractivity contribution in [3.05, 3.63) is 41.3 Å². The third-order valence-corrected chi connectivity index (χ3v) is 5.10. The van der Waals surface area contributed by atoms with Crippen LogP contribution in [0, 0.1) is 6.92 Å². The third-order valence-electron chi connectivity index (χ3n) is 5.10. The number of aryl methyl sites for hydroxylation is 2. The highest BCUT2D eigenvalue weighted by molar-refractivity contribution is 5.95. The van der Waals surface area contributed by atoms with Gasteiger partial charge in [-0.3, -0.25) is 14.3 Å². The summed E-state index contributed by atoms with van der Waals surface area (Å²) in [6.45, 7) is 7.59. The van der Waals surface area contributed by atoms with E-state index in [1.165, 1.54) is 4.90 Å². The predicted molar refractivity (Wildman–Crippen MR) is 112 cm³/mol. The lowest BCUT2D eigenvalue weighted by Crippen LogP contribution is -2.35. The van der Waals surface area contributed by atoms with Crippen LogP contribution >= 0.6 is 0 Å². The fourth-order valence-corrected chi connectivity index (χ4v) is 3.54. The number of hydrogen-bond donors (Lipinski definition) is 0. The predicted octanol–water partition coefficient (Wildman–Crippen LogP) is 2.05. The summed E-state index contributed by atoms with van der Waals surface area (Å²) in [5.74, 6) is 0.702. The molecular formula is C21H30N6O2. The molecule has 0 radical (unpaired) electrons. The highest BCUT2D eigenvalue weighted by Gasteiger charge is 2.24. The molecule has 0 aromatic carbocycles. The molecule has 0 unspecified atom stereocenters. The average molecular weight is 399 g/mol. The lowest BCUT2D eigenvalue weighted by atomic mass is 10.2. The molecule has 2 aromatic heterocycles. The summed E-state index contributed by atoms with van der Waals surface area (Å²) in [5.41, 5.74) is 1.90. The minimum absolute atomic E-state index is 0.0381. The van der Waals surface area contributed by atoms with Crippen LogP contribution in [0.25, 0.3) is 0 Å². The maximum Gasteiger partial charge on any atom is 0.272 e. The van der Waals surface area contributed by atoms with Crippen LogP contribution < -0.4 is 4.90 Å². The molecule has 0 bridgehead atoms. The minimum Gasteiger partial charge on any atom is -0.355 e. The third kappa shape index (κ3) is 4.75. The Bertz CT molecular complexity index is 876. The Kier molecular flexibility index (Phi) is 6.51. The van der Waals surface area contributed by atoms with E-state index in [1.807, 2.05) is 34.8 Å². The second kappa shape index (κ2) is 9.07. The Morgan fingerprint density at radius 3 is 2.66 bits per heavy atom. The Morgan fingerprint density at radius 2 is 1.93 bits per heavy atom. The van der Waals surface area contributed by atoms with Gasteiger partial charge >= 0.3 is 0 Å². The minimum atomic E-state index is -0.113. The summed E-state index contributed by atoms with van der Waals surface area (Å²) in [6.07, 6.45) is 3.69. The first-order valence-electron chi connectivity index (χ1n) is 10.2. The number of rotatable bonds is 5. The zero-order chi connectivity index (χ0) is 21.0. The van der Waals surface area contributed by atoms with Gasteiger partial charge in [-0.05, 0) is 31.9 Å². The molecule has 1 aliphatic rings. The molecule has 3 rings (SSSR count). The smallest absolute Gasteiger partial charge is 0.272 e. The van der Waals surface area contributed by atoms with Gasteiger partial charge in [0, 0.05) is 53.0 Å². The van der Waals surface area contributed by atoms with E-state index in [0.29, 0.717) is 30.9 Å². The number of anilines is 1. The Hall–Kier alpha value is -2.90. The maximum atomic E-state index is 13.0. The van der Waals surface area contributed by atoms with E-state index < -0.39 is 0 Å². The highest BCUT2D eigenvalue weighted by atomic mass is 16.2. The van der Waals surface area contributed by atoms with Gasteiger partial charge in [-0.2, -0.15) is 5.10 Å². The summed E-state index contributed by atoms with van der Waals surface area (Å²) < 4.78 is 1.85. The highest BCUT2D eigenvalue weighted by Crippen LogP contribution is 2.17. The van der Waals surface area contributed by atoms with Gasteiger partial charge in [0.2, 0.25) is 0 Å². The molecule has 0 N–H and O–H groups in total. The van der Waals surface area contributed by atoms with Crippen molar-refractivity contribution < 1.29 is 9.59 Å². The largest absolute Gasteiger partial charge is 0.355 e. The van der Waals surface area contributed by atoms with Crippen molar-refractivity contribution in [2.24, 2.45) is 0 Å². The monoisotopic (exact) mass is 398 g/mol. The first kappa shape index (κ1) is 20.8. The lowest BCUT2D eigenvalue weighted by Gasteiger charge is -2.23. The van der Waals surface area contributed by atoms with E-state index in [2.05, 4.69) is 21.9 Å². The molecule has 8 nitrogen and oxygen atoms in total. The van der Waals surface area contributed by atoms with Crippen LogP contribution in [-0.2, 0) is 6.54 Å². The number of pyridine rings is 1. The fourth-order valence-electron chi connectivity index (χ4n) is 3.54. The van der Waals surface area contributed by atoms with Gasteiger partial charge in [0.25, 0.3) is 11.8 Å². The zero-order valence-electron chi connectivity index (χ0n) is 17.8. The fraction of sp³-hybridized carbons (Fsp3) is 0.524. The number of aromatic nitrogens is 3. The van der Waals surface area contributed by atoms with Crippen LogP contribution in [0.3, 0.4) is 0 Å². The number of carbonyl (C=O) groups is 2. The van der Waals surface area contributed by atoms with Crippen molar-refractivity contribution in [1.29, 1.82) is 0 Å². The van der Waals surface area contributed by atoms with E-state index in [4.69, 9.17) is 0 Å². The Labute approximate surface area is 172 Å². The second-order valence-corrected chi connectivity index (χ2v) is 7.60. The average Bonchev–Trinajstić information content (AvgIpc) is 2.92. The van der Waals surface area contributed by atoms with Gasteiger partial charge in [0.15, 0.2) is 0 Å². The standard InChI is InChI=1S/C21H30N6O2/c1-5-10-27-15-17(16(2)23-27)20(28)26-12-7-11-25(13-14-26)19-9-6-8-18(22-19)21(29)24(3)4/h6,8-9,15H,5,7,10-14H2,1-4H3. The molecule has 2 amide bonds. The summed E-state index contributed by atoms with van der Waals surface area (Å²) >= 11 is 0. The van der Waals surface area contributed by atoms with Crippen LogP contribution in [0.4, 0.5) is 5.82 Å². The van der Waals surface area contributed by atoms with Gasteiger partial charge in [-0.15, -0.1) is 0 Å². The molecule has 0 saturated carbocycles. The first-order valence-corrected chi connectivity index (χ1v) is 10.2. The normalized spacial score (nSPS) is 14.6. The molecular weight excluding hydrogens is 368 g/mol. The Morgan fingerprint density at radius 1 is 1.14 bits per heavy atom. The van der Waals surface area contributed by atoms with E-state index >= 15 is 0 Å². The van der Waals surface area contributed by atoms with Crippen LogP contribution in [0.1, 0.15) is 46.3 Å². The van der Waals surface area contributed by atoms with Crippen molar-refractivity contribution in [3.63, 3.8) is 0 Å². The summed E-state index contributed by atoms with van der Waals surface area (Å²) in [4.78, 5) is 35.4. The van der Waals surface area contributed by atoms with Crippen molar-refractivity contribution in [2.75, 3.05) is 45.2 Å². The number of carbonyl (C=O) groups excluding carboxylic acids is 2. The van der Waals surface area contributed by atoms with E-state index in [9.17, 15) is 9.59 Å². The quantitative estimate of drug-likeness (QED) is 0.771. The van der Waals surface area contributed by atoms with Crippen LogP contribution in [-0.4, -0.2) is 76.7 Å². The SMILES string of the molecule is CCCn1cc(C(=O)N2CCCN(c3cccc(C(=O)N(C)C)n3)CC2)c(C)n1. The van der Waals surface area contributed by atoms with E-state index in [1.54, 1.807) is 20.2 Å². The Balaban J connectivity index is 1.70. The van der Waals surface area contributed by atoms with Crippen molar-refractivity contribution in [2.45, 2.75) is 33.2 Å². The number of amides is 2. The number of hydrogen-bond acceptors (Lipinski definition) is 5. The summed E-state index contributed by atoms with van der Waals surface area (Å²) in [7, 11) is 3.44. The summed E-state index contributed by atoms with van der Waals surface area (Å²) in [6, 6.07) is 5.51. The first-order chi connectivity index (χ1) is 13.9. The van der Waals surface area contributed by atoms with Crippen LogP contribution in [0.5, 0.6) is 0 Å². The maximum absolute atomic E-state index is 13.0. The van der Waals surface area contributed by atoms with Gasteiger partial charge < -0.3 is 14.7 Å². The van der Waals surface area contributed by atoms with E-state index in [-0.39, 0.29) is 11.8 Å². The lowest BCUT2D eigenvalue weighted by molar-refractivity contribution is 0.0765. The van der Waals surface area contributed by atoms with Crippen LogP contribution in [0.2, 0.25) is 0 Å². The topological polar surface area (TPSA) is 74.6 Å². The molecule has 29 heavy (non-hydrogen) atoms. The molecule has 8 heteroatoms. The molecule has 1 fully saturated rings. The number of nitrogens with zero attached hydrogens (tertiary/aromatic N) is 6. The molecule has 3 heterocycles. The molecule has 0 aliphatic carbocycles. The van der Waals surface area contributed by atoms with Gasteiger partial charge in [0.1, 0.15) is 11.5 Å². The van der Waals surface area contributed by atoms with Gasteiger partial charge in [-0.1, -0.05) is 13.0 Å². The van der Waals surface area contributed by atoms with Crippen LogP contribution in [0.15, 0.2) is 24.4 Å². The molecule has 156 valence electrons.